The van der Waals surface area contributed by atoms with Crippen LogP contribution in [0.5, 0.6) is 5.75 Å². The van der Waals surface area contributed by atoms with Crippen molar-refractivity contribution >= 4 is 17.8 Å². The zero-order valence-corrected chi connectivity index (χ0v) is 20.2. The minimum absolute atomic E-state index is 0.0227. The topological polar surface area (TPSA) is 76.5 Å². The number of carbonyl (C=O) groups is 2. The fourth-order valence-electron chi connectivity index (χ4n) is 3.49. The van der Waals surface area contributed by atoms with Gasteiger partial charge in [-0.15, -0.1) is 0 Å². The molecule has 33 heavy (non-hydrogen) atoms. The van der Waals surface area contributed by atoms with Crippen molar-refractivity contribution in [1.82, 2.24) is 14.5 Å². The number of methoxy groups -OCH3 is 1. The number of carbonyl (C=O) groups excluding carboxylic acids is 2. The highest BCUT2D eigenvalue weighted by atomic mass is 16.5. The van der Waals surface area contributed by atoms with Gasteiger partial charge in [-0.2, -0.15) is 0 Å². The molecule has 0 atom stereocenters. The minimum atomic E-state index is -0.289. The van der Waals surface area contributed by atoms with Crippen molar-refractivity contribution in [2.45, 2.75) is 34.6 Å². The van der Waals surface area contributed by atoms with E-state index in [2.05, 4.69) is 25.2 Å². The van der Waals surface area contributed by atoms with E-state index >= 15 is 0 Å². The van der Waals surface area contributed by atoms with Gasteiger partial charge in [-0.25, -0.2) is 4.98 Å². The third-order valence-electron chi connectivity index (χ3n) is 5.63. The highest BCUT2D eigenvalue weighted by Crippen LogP contribution is 2.27. The molecule has 2 amide bonds. The fourth-order valence-corrected chi connectivity index (χ4v) is 3.49. The normalized spacial score (nSPS) is 10.9. The van der Waals surface area contributed by atoms with E-state index in [1.165, 1.54) is 5.56 Å². The Morgan fingerprint density at radius 1 is 1.09 bits per heavy atom. The minimum Gasteiger partial charge on any atom is -0.497 e. The van der Waals surface area contributed by atoms with Crippen LogP contribution in [0.25, 0.3) is 16.9 Å². The first-order valence-electron chi connectivity index (χ1n) is 11.1. The average molecular weight is 449 g/mol. The Morgan fingerprint density at radius 2 is 1.79 bits per heavy atom. The third kappa shape index (κ3) is 5.61. The zero-order valence-electron chi connectivity index (χ0n) is 20.2. The molecule has 0 unspecified atom stereocenters. The molecule has 0 fully saturated rings. The van der Waals surface area contributed by atoms with Crippen LogP contribution in [0.15, 0.2) is 48.7 Å². The van der Waals surface area contributed by atoms with Crippen molar-refractivity contribution in [3.05, 3.63) is 59.8 Å². The van der Waals surface area contributed by atoms with Gasteiger partial charge >= 0.3 is 0 Å². The highest BCUT2D eigenvalue weighted by Gasteiger charge is 2.20. The van der Waals surface area contributed by atoms with E-state index in [0.717, 1.165) is 28.3 Å². The van der Waals surface area contributed by atoms with Crippen LogP contribution in [0.2, 0.25) is 0 Å². The number of nitrogens with one attached hydrogen (secondary N) is 1. The maximum atomic E-state index is 12.9. The monoisotopic (exact) mass is 448 g/mol. The summed E-state index contributed by atoms with van der Waals surface area (Å²) in [4.78, 5) is 31.5. The van der Waals surface area contributed by atoms with Crippen LogP contribution >= 0.6 is 0 Å². The van der Waals surface area contributed by atoms with Crippen LogP contribution in [0.3, 0.4) is 0 Å². The third-order valence-corrected chi connectivity index (χ3v) is 5.63. The first kappa shape index (κ1) is 24.0. The van der Waals surface area contributed by atoms with Crippen LogP contribution in [0, 0.1) is 19.8 Å². The molecule has 0 spiro atoms. The number of rotatable bonds is 8. The summed E-state index contributed by atoms with van der Waals surface area (Å²) in [6.07, 6.45) is 1.90. The Kier molecular flexibility index (Phi) is 7.53. The van der Waals surface area contributed by atoms with Crippen LogP contribution < -0.4 is 10.1 Å². The Bertz CT molecular complexity index is 1130. The van der Waals surface area contributed by atoms with E-state index in [1.54, 1.807) is 12.0 Å². The number of ether oxygens (including phenoxy) is 1. The van der Waals surface area contributed by atoms with Gasteiger partial charge in [0.2, 0.25) is 17.8 Å². The number of aromatic nitrogens is 2. The molecule has 174 valence electrons. The maximum absolute atomic E-state index is 12.9. The van der Waals surface area contributed by atoms with E-state index in [0.29, 0.717) is 12.5 Å². The second-order valence-electron chi connectivity index (χ2n) is 8.37. The fraction of sp³-hybridized carbons (Fsp3) is 0.346. The molecule has 3 rings (SSSR count). The van der Waals surface area contributed by atoms with Crippen LogP contribution in [0.4, 0.5) is 5.95 Å². The Labute approximate surface area is 195 Å². The molecule has 3 aromatic rings. The molecule has 7 heteroatoms. The smallest absolute Gasteiger partial charge is 0.246 e. The van der Waals surface area contributed by atoms with Gasteiger partial charge in [-0.1, -0.05) is 19.9 Å². The molecule has 7 nitrogen and oxygen atoms in total. The molecule has 0 aliphatic rings. The van der Waals surface area contributed by atoms with Crippen molar-refractivity contribution < 1.29 is 14.3 Å². The Hall–Kier alpha value is -3.61. The van der Waals surface area contributed by atoms with Gasteiger partial charge in [0, 0.05) is 29.9 Å². The summed E-state index contributed by atoms with van der Waals surface area (Å²) in [6.45, 7) is 10.1. The lowest BCUT2D eigenvalue weighted by Crippen LogP contribution is -2.40. The number of benzene rings is 2. The predicted octanol–water partition coefficient (Wildman–Crippen LogP) is 4.61. The first-order chi connectivity index (χ1) is 15.7. The van der Waals surface area contributed by atoms with E-state index in [1.807, 2.05) is 67.9 Å². The summed E-state index contributed by atoms with van der Waals surface area (Å²) >= 11 is 0. The standard InChI is InChI=1S/C26H32N4O3/c1-7-29(25(32)17(2)3)16-24(31)28-26-27-23(20-9-12-22(33-6)13-10-20)15-30(26)21-11-8-18(4)19(5)14-21/h8-15,17H,7,16H2,1-6H3,(H,27,28,31). The number of hydrogen-bond acceptors (Lipinski definition) is 4. The van der Waals surface area contributed by atoms with Gasteiger partial charge in [-0.05, 0) is 68.3 Å². The maximum Gasteiger partial charge on any atom is 0.246 e. The second-order valence-corrected chi connectivity index (χ2v) is 8.37. The summed E-state index contributed by atoms with van der Waals surface area (Å²) < 4.78 is 7.11. The number of aryl methyl sites for hydroxylation is 2. The second kappa shape index (κ2) is 10.3. The number of nitrogens with zero attached hydrogens (tertiary/aromatic N) is 3. The van der Waals surface area contributed by atoms with Crippen LogP contribution in [-0.4, -0.2) is 46.5 Å². The van der Waals surface area contributed by atoms with Gasteiger partial charge in [0.1, 0.15) is 5.75 Å². The summed E-state index contributed by atoms with van der Waals surface area (Å²) in [5, 5.41) is 2.91. The lowest BCUT2D eigenvalue weighted by molar-refractivity contribution is -0.137. The molecule has 0 saturated heterocycles. The molecule has 2 aromatic carbocycles. The lowest BCUT2D eigenvalue weighted by atomic mass is 10.1. The summed E-state index contributed by atoms with van der Waals surface area (Å²) in [6, 6.07) is 13.7. The van der Waals surface area contributed by atoms with Gasteiger partial charge in [0.05, 0.1) is 19.3 Å². The quantitative estimate of drug-likeness (QED) is 0.546. The Balaban J connectivity index is 1.95. The molecule has 0 bridgehead atoms. The van der Waals surface area contributed by atoms with Gasteiger partial charge in [0.15, 0.2) is 0 Å². The average Bonchev–Trinajstić information content (AvgIpc) is 3.22. The van der Waals surface area contributed by atoms with Crippen molar-refractivity contribution in [1.29, 1.82) is 0 Å². The van der Waals surface area contributed by atoms with Crippen molar-refractivity contribution in [2.24, 2.45) is 5.92 Å². The van der Waals surface area contributed by atoms with E-state index in [9.17, 15) is 9.59 Å². The number of amides is 2. The Morgan fingerprint density at radius 3 is 2.36 bits per heavy atom. The zero-order chi connectivity index (χ0) is 24.1. The molecule has 0 saturated carbocycles. The molecule has 0 aliphatic carbocycles. The lowest BCUT2D eigenvalue weighted by Gasteiger charge is -2.22. The van der Waals surface area contributed by atoms with Crippen LogP contribution in [-0.2, 0) is 9.59 Å². The summed E-state index contributed by atoms with van der Waals surface area (Å²) in [7, 11) is 1.63. The van der Waals surface area contributed by atoms with Crippen molar-refractivity contribution in [2.75, 3.05) is 25.5 Å². The summed E-state index contributed by atoms with van der Waals surface area (Å²) in [5.41, 5.74) is 4.84. The van der Waals surface area contributed by atoms with E-state index < -0.39 is 0 Å². The van der Waals surface area contributed by atoms with Gasteiger partial charge < -0.3 is 9.64 Å². The first-order valence-corrected chi connectivity index (χ1v) is 11.1. The molecule has 1 heterocycles. The number of imidazole rings is 1. The molecule has 1 N–H and O–H groups in total. The van der Waals surface area contributed by atoms with Gasteiger partial charge in [-0.3, -0.25) is 19.5 Å². The van der Waals surface area contributed by atoms with Crippen molar-refractivity contribution in [3.63, 3.8) is 0 Å². The molecule has 0 radical (unpaired) electrons. The number of likely N-dealkylation sites (N-methyl/N-ethyl adjacent to an activating group) is 1. The number of hydrogen-bond donors (Lipinski definition) is 1. The summed E-state index contributed by atoms with van der Waals surface area (Å²) in [5.74, 6) is 0.654. The van der Waals surface area contributed by atoms with Crippen LogP contribution in [0.1, 0.15) is 31.9 Å². The van der Waals surface area contributed by atoms with Crippen molar-refractivity contribution in [3.8, 4) is 22.7 Å². The predicted molar refractivity (Wildman–Crippen MR) is 131 cm³/mol. The SMILES string of the molecule is CCN(CC(=O)Nc1nc(-c2ccc(OC)cc2)cn1-c1ccc(C)c(C)c1)C(=O)C(C)C. The van der Waals surface area contributed by atoms with E-state index in [4.69, 9.17) is 9.72 Å². The molecule has 0 aliphatic heterocycles. The molecular formula is C26H32N4O3. The largest absolute Gasteiger partial charge is 0.497 e. The number of anilines is 1. The van der Waals surface area contributed by atoms with Gasteiger partial charge in [0.25, 0.3) is 0 Å². The highest BCUT2D eigenvalue weighted by molar-refractivity contribution is 5.94. The molecular weight excluding hydrogens is 416 g/mol. The molecule has 1 aromatic heterocycles. The van der Waals surface area contributed by atoms with E-state index in [-0.39, 0.29) is 24.3 Å².